The van der Waals surface area contributed by atoms with Gasteiger partial charge < -0.3 is 37.2 Å². The van der Waals surface area contributed by atoms with Crippen molar-refractivity contribution in [3.05, 3.63) is 94.5 Å². The summed E-state index contributed by atoms with van der Waals surface area (Å²) in [7, 11) is -1.06. The van der Waals surface area contributed by atoms with Crippen LogP contribution in [0.3, 0.4) is 0 Å². The van der Waals surface area contributed by atoms with Crippen LogP contribution in [-0.4, -0.2) is 8.80 Å². The minimum absolute atomic E-state index is 0. The SMILES string of the molecule is Cc1cc(C)cc([Si](c2cc(C)cc(C)c2)c2cc3ccccc3[c-]2C)c1.[Cl-].[Cl-].[Cl-].[Ti+4]. The molecule has 0 amide bonds. The zero-order valence-electron chi connectivity index (χ0n) is 18.5. The number of aryl methyl sites for hydroxylation is 5. The molecule has 0 unspecified atom stereocenters. The maximum absolute atomic E-state index is 2.44. The summed E-state index contributed by atoms with van der Waals surface area (Å²) in [6, 6.07) is 25.4. The van der Waals surface area contributed by atoms with Crippen molar-refractivity contribution in [1.29, 1.82) is 0 Å². The molecule has 4 aromatic rings. The number of fused-ring (bicyclic) bond motifs is 1. The zero-order valence-corrected chi connectivity index (χ0v) is 23.3. The van der Waals surface area contributed by atoms with Gasteiger partial charge in [0.2, 0.25) is 0 Å². The van der Waals surface area contributed by atoms with E-state index in [0.29, 0.717) is 0 Å². The number of rotatable bonds is 3. The van der Waals surface area contributed by atoms with Gasteiger partial charge in [-0.25, -0.2) is 0 Å². The molecule has 0 aliphatic carbocycles. The molecule has 0 atom stereocenters. The van der Waals surface area contributed by atoms with Crippen LogP contribution in [0.5, 0.6) is 0 Å². The molecule has 0 nitrogen and oxygen atoms in total. The Morgan fingerprint density at radius 1 is 0.613 bits per heavy atom. The van der Waals surface area contributed by atoms with Crippen LogP contribution in [0, 0.1) is 34.6 Å². The van der Waals surface area contributed by atoms with Gasteiger partial charge in [0.25, 0.3) is 0 Å². The third-order valence-corrected chi connectivity index (χ3v) is 8.15. The van der Waals surface area contributed by atoms with Gasteiger partial charge in [0.15, 0.2) is 0 Å². The fraction of sp³-hybridized carbons (Fsp3) is 0.192. The van der Waals surface area contributed by atoms with Crippen molar-refractivity contribution in [2.45, 2.75) is 34.6 Å². The minimum Gasteiger partial charge on any atom is -1.00 e. The van der Waals surface area contributed by atoms with Crippen molar-refractivity contribution in [1.82, 2.24) is 0 Å². The largest absolute Gasteiger partial charge is 4.00 e. The van der Waals surface area contributed by atoms with Crippen molar-refractivity contribution in [2.24, 2.45) is 0 Å². The van der Waals surface area contributed by atoms with E-state index >= 15 is 0 Å². The molecule has 0 spiro atoms. The van der Waals surface area contributed by atoms with Gasteiger partial charge in [-0.3, -0.25) is 0 Å². The predicted octanol–water partition coefficient (Wildman–Crippen LogP) is -4.37. The molecule has 31 heavy (non-hydrogen) atoms. The summed E-state index contributed by atoms with van der Waals surface area (Å²) in [4.78, 5) is 0. The second-order valence-corrected chi connectivity index (χ2v) is 10.3. The van der Waals surface area contributed by atoms with Gasteiger partial charge in [-0.1, -0.05) is 82.0 Å². The van der Waals surface area contributed by atoms with Gasteiger partial charge in [-0.05, 0) is 27.7 Å². The second-order valence-electron chi connectivity index (χ2n) is 7.90. The number of hydrogen-bond donors (Lipinski definition) is 0. The normalized spacial score (nSPS) is 10.0. The number of halogens is 3. The maximum Gasteiger partial charge on any atom is 4.00 e. The first-order valence-corrected chi connectivity index (χ1v) is 11.1. The molecular formula is C26H26Cl3SiTi. The van der Waals surface area contributed by atoms with Gasteiger partial charge in [-0.2, -0.15) is 6.07 Å². The van der Waals surface area contributed by atoms with E-state index in [1.54, 1.807) is 0 Å². The summed E-state index contributed by atoms with van der Waals surface area (Å²) in [5.74, 6) is 0. The Morgan fingerprint density at radius 2 is 1.03 bits per heavy atom. The van der Waals surface area contributed by atoms with Crippen LogP contribution in [-0.2, 0) is 21.7 Å². The summed E-state index contributed by atoms with van der Waals surface area (Å²) < 4.78 is 0. The molecule has 0 aliphatic heterocycles. The van der Waals surface area contributed by atoms with Crippen LogP contribution < -0.4 is 52.8 Å². The molecule has 4 rings (SSSR count). The molecule has 0 bridgehead atoms. The van der Waals surface area contributed by atoms with Crippen LogP contribution >= 0.6 is 0 Å². The molecular weight excluding hydrogens is 495 g/mol. The van der Waals surface area contributed by atoms with Crippen molar-refractivity contribution >= 4 is 35.1 Å². The molecule has 0 heterocycles. The average molecular weight is 521 g/mol. The fourth-order valence-electron chi connectivity index (χ4n) is 4.35. The fourth-order valence-corrected chi connectivity index (χ4v) is 7.60. The van der Waals surface area contributed by atoms with E-state index in [4.69, 9.17) is 0 Å². The van der Waals surface area contributed by atoms with Gasteiger partial charge in [-0.15, -0.1) is 39.7 Å². The summed E-state index contributed by atoms with van der Waals surface area (Å²) in [6.07, 6.45) is 0. The van der Waals surface area contributed by atoms with Gasteiger partial charge in [0.1, 0.15) is 8.80 Å². The van der Waals surface area contributed by atoms with E-state index in [9.17, 15) is 0 Å². The van der Waals surface area contributed by atoms with E-state index < -0.39 is 8.80 Å². The molecule has 0 fully saturated rings. The summed E-state index contributed by atoms with van der Waals surface area (Å²) in [6.45, 7) is 11.2. The third-order valence-electron chi connectivity index (χ3n) is 5.36. The Balaban J connectivity index is 0.00000225. The van der Waals surface area contributed by atoms with Crippen LogP contribution in [0.4, 0.5) is 0 Å². The van der Waals surface area contributed by atoms with Crippen LogP contribution in [0.25, 0.3) is 10.8 Å². The number of benzene rings is 3. The van der Waals surface area contributed by atoms with Crippen LogP contribution in [0.15, 0.2) is 66.7 Å². The summed E-state index contributed by atoms with van der Waals surface area (Å²) in [5, 5.41) is 7.25. The average Bonchev–Trinajstić information content (AvgIpc) is 2.91. The van der Waals surface area contributed by atoms with Crippen LogP contribution in [0.1, 0.15) is 27.8 Å². The molecule has 0 saturated carbocycles. The summed E-state index contributed by atoms with van der Waals surface area (Å²) in [5.41, 5.74) is 6.85. The first kappa shape index (κ1) is 30.1. The first-order chi connectivity index (χ1) is 12.9. The molecule has 0 aliphatic rings. The standard InChI is InChI=1S/C26H26Si.3ClH.Ti/c1-17-10-18(2)13-23(12-17)27(24-14-19(3)11-20(4)15-24)26-16-22-8-6-7-9-25(22)21(26)5;;;;/h6-16H,1-5H3;3*1H;/q-1;;;;+4/p-3. The van der Waals surface area contributed by atoms with E-state index in [-0.39, 0.29) is 58.9 Å². The molecule has 0 N–H and O–H groups in total. The quantitative estimate of drug-likeness (QED) is 0.189. The second kappa shape index (κ2) is 12.3. The first-order valence-electron chi connectivity index (χ1n) is 9.62. The number of hydrogen-bond acceptors (Lipinski definition) is 0. The predicted molar refractivity (Wildman–Crippen MR) is 121 cm³/mol. The van der Waals surface area contributed by atoms with Crippen molar-refractivity contribution in [3.63, 3.8) is 0 Å². The Morgan fingerprint density at radius 3 is 1.45 bits per heavy atom. The van der Waals surface area contributed by atoms with Gasteiger partial charge >= 0.3 is 21.7 Å². The van der Waals surface area contributed by atoms with Crippen LogP contribution in [0.2, 0.25) is 0 Å². The van der Waals surface area contributed by atoms with E-state index in [0.717, 1.165) is 0 Å². The minimum atomic E-state index is -1.06. The van der Waals surface area contributed by atoms with Gasteiger partial charge in [0, 0.05) is 0 Å². The van der Waals surface area contributed by atoms with Crippen molar-refractivity contribution in [3.8, 4) is 0 Å². The van der Waals surface area contributed by atoms with Crippen molar-refractivity contribution < 1.29 is 58.9 Å². The van der Waals surface area contributed by atoms with E-state index in [1.807, 2.05) is 0 Å². The van der Waals surface area contributed by atoms with E-state index in [2.05, 4.69) is 101 Å². The zero-order chi connectivity index (χ0) is 19.1. The molecule has 0 aromatic heterocycles. The molecule has 1 radical (unpaired) electrons. The Bertz CT molecular complexity index is 1060. The molecule has 159 valence electrons. The molecule has 5 heteroatoms. The monoisotopic (exact) mass is 519 g/mol. The Kier molecular flexibility index (Phi) is 12.0. The van der Waals surface area contributed by atoms with Gasteiger partial charge in [0.05, 0.1) is 0 Å². The third kappa shape index (κ3) is 6.32. The van der Waals surface area contributed by atoms with E-state index in [1.165, 1.54) is 54.1 Å². The topological polar surface area (TPSA) is 0 Å². The van der Waals surface area contributed by atoms with Crippen molar-refractivity contribution in [2.75, 3.05) is 0 Å². The Hall–Kier alpha value is -0.929. The Labute approximate surface area is 221 Å². The maximum atomic E-state index is 2.44. The molecule has 4 aromatic carbocycles. The summed E-state index contributed by atoms with van der Waals surface area (Å²) >= 11 is 0. The smallest absolute Gasteiger partial charge is 1.00 e. The molecule has 0 saturated heterocycles.